The van der Waals surface area contributed by atoms with Crippen LogP contribution in [0, 0.1) is 18.8 Å². The number of rotatable bonds is 5. The lowest BCUT2D eigenvalue weighted by molar-refractivity contribution is -0.129. The van der Waals surface area contributed by atoms with E-state index in [2.05, 4.69) is 31.9 Å². The molecule has 0 spiro atoms. The molecule has 0 saturated heterocycles. The van der Waals surface area contributed by atoms with Crippen LogP contribution in [-0.4, -0.2) is 23.9 Å². The lowest BCUT2D eigenvalue weighted by atomic mass is 10.3. The molecule has 0 bridgehead atoms. The molecule has 0 aromatic rings. The minimum absolute atomic E-state index is 0.0176. The van der Waals surface area contributed by atoms with Crippen molar-refractivity contribution in [2.45, 2.75) is 6.42 Å². The number of hydrogen-bond donors (Lipinski definition) is 0. The van der Waals surface area contributed by atoms with E-state index in [1.54, 1.807) is 17.1 Å². The van der Waals surface area contributed by atoms with Crippen LogP contribution in [0.25, 0.3) is 0 Å². The standard InChI is InChI=1S/C11H14NO/c1-4-7-8-11(13)12(9-5-2)10-6-3/h5-6H,1-3,8-10H2. The van der Waals surface area contributed by atoms with Crippen LogP contribution < -0.4 is 0 Å². The third-order valence-corrected chi connectivity index (χ3v) is 1.42. The molecule has 0 aromatic heterocycles. The van der Waals surface area contributed by atoms with Gasteiger partial charge in [-0.2, -0.15) is 0 Å². The van der Waals surface area contributed by atoms with Crippen LogP contribution in [0.2, 0.25) is 0 Å². The van der Waals surface area contributed by atoms with Gasteiger partial charge in [0.25, 0.3) is 0 Å². The molecule has 0 unspecified atom stereocenters. The van der Waals surface area contributed by atoms with Crippen LogP contribution in [-0.2, 0) is 4.79 Å². The number of hydrogen-bond acceptors (Lipinski definition) is 1. The summed E-state index contributed by atoms with van der Waals surface area (Å²) in [6.07, 6.45) is 3.57. The summed E-state index contributed by atoms with van der Waals surface area (Å²) in [6.45, 7) is 11.5. The summed E-state index contributed by atoms with van der Waals surface area (Å²) in [4.78, 5) is 13.0. The molecule has 0 aromatic carbocycles. The smallest absolute Gasteiger partial charge is 0.235 e. The van der Waals surface area contributed by atoms with Gasteiger partial charge in [-0.1, -0.05) is 18.1 Å². The molecular formula is C11H14NO. The Labute approximate surface area is 79.9 Å². The van der Waals surface area contributed by atoms with Gasteiger partial charge in [-0.15, -0.1) is 19.1 Å². The second-order valence-electron chi connectivity index (χ2n) is 2.41. The van der Waals surface area contributed by atoms with E-state index in [4.69, 9.17) is 0 Å². The van der Waals surface area contributed by atoms with E-state index in [0.717, 1.165) is 0 Å². The molecule has 0 aliphatic carbocycles. The van der Waals surface area contributed by atoms with Crippen molar-refractivity contribution in [3.8, 4) is 11.8 Å². The molecule has 2 nitrogen and oxygen atoms in total. The fourth-order valence-electron chi connectivity index (χ4n) is 0.840. The SMILES string of the molecule is [CH2]C#CCC(=O)N(CC=C)CC=C. The normalized spacial score (nSPS) is 8.08. The Morgan fingerprint density at radius 3 is 2.23 bits per heavy atom. The fourth-order valence-corrected chi connectivity index (χ4v) is 0.840. The van der Waals surface area contributed by atoms with Crippen LogP contribution in [0.1, 0.15) is 6.42 Å². The lowest BCUT2D eigenvalue weighted by Gasteiger charge is -2.17. The Kier molecular flexibility index (Phi) is 6.35. The zero-order chi connectivity index (χ0) is 10.1. The molecule has 1 amide bonds. The summed E-state index contributed by atoms with van der Waals surface area (Å²) >= 11 is 0. The number of carbonyl (C=O) groups excluding carboxylic acids is 1. The van der Waals surface area contributed by atoms with E-state index in [-0.39, 0.29) is 12.3 Å². The molecular weight excluding hydrogens is 162 g/mol. The van der Waals surface area contributed by atoms with E-state index in [1.165, 1.54) is 0 Å². The average molecular weight is 176 g/mol. The maximum Gasteiger partial charge on any atom is 0.235 e. The molecule has 0 atom stereocenters. The second-order valence-corrected chi connectivity index (χ2v) is 2.41. The van der Waals surface area contributed by atoms with Gasteiger partial charge in [-0.25, -0.2) is 0 Å². The fraction of sp³-hybridized carbons (Fsp3) is 0.273. The first-order chi connectivity index (χ1) is 6.26. The third kappa shape index (κ3) is 4.86. The predicted molar refractivity (Wildman–Crippen MR) is 54.7 cm³/mol. The van der Waals surface area contributed by atoms with Crippen molar-refractivity contribution in [1.82, 2.24) is 4.90 Å². The highest BCUT2D eigenvalue weighted by Crippen LogP contribution is 1.94. The van der Waals surface area contributed by atoms with Crippen LogP contribution in [0.15, 0.2) is 25.3 Å². The molecule has 0 fully saturated rings. The monoisotopic (exact) mass is 176 g/mol. The summed E-state index contributed by atoms with van der Waals surface area (Å²) in [5, 5.41) is 0. The summed E-state index contributed by atoms with van der Waals surface area (Å²) in [7, 11) is 0. The van der Waals surface area contributed by atoms with E-state index in [0.29, 0.717) is 13.1 Å². The Hall–Kier alpha value is -1.49. The molecule has 0 aliphatic heterocycles. The zero-order valence-corrected chi connectivity index (χ0v) is 7.75. The summed E-state index contributed by atoms with van der Waals surface area (Å²) < 4.78 is 0. The van der Waals surface area contributed by atoms with Crippen LogP contribution >= 0.6 is 0 Å². The highest BCUT2D eigenvalue weighted by atomic mass is 16.2. The molecule has 0 saturated carbocycles. The van der Waals surface area contributed by atoms with E-state index >= 15 is 0 Å². The summed E-state index contributed by atoms with van der Waals surface area (Å²) in [5.41, 5.74) is 0. The van der Waals surface area contributed by atoms with E-state index in [9.17, 15) is 4.79 Å². The predicted octanol–water partition coefficient (Wildman–Crippen LogP) is 1.41. The Morgan fingerprint density at radius 1 is 1.31 bits per heavy atom. The molecule has 0 rings (SSSR count). The van der Waals surface area contributed by atoms with Crippen molar-refractivity contribution in [3.63, 3.8) is 0 Å². The van der Waals surface area contributed by atoms with Crippen molar-refractivity contribution in [2.75, 3.05) is 13.1 Å². The first kappa shape index (κ1) is 11.5. The number of carbonyl (C=O) groups is 1. The molecule has 13 heavy (non-hydrogen) atoms. The van der Waals surface area contributed by atoms with Gasteiger partial charge in [-0.05, 0) is 0 Å². The first-order valence-electron chi connectivity index (χ1n) is 4.00. The van der Waals surface area contributed by atoms with Gasteiger partial charge in [-0.3, -0.25) is 4.79 Å². The molecule has 0 N–H and O–H groups in total. The molecule has 1 radical (unpaired) electrons. The average Bonchev–Trinajstić information content (AvgIpc) is 2.14. The topological polar surface area (TPSA) is 20.3 Å². The molecule has 0 aliphatic rings. The van der Waals surface area contributed by atoms with Crippen LogP contribution in [0.5, 0.6) is 0 Å². The second kappa shape index (κ2) is 7.17. The summed E-state index contributed by atoms with van der Waals surface area (Å²) in [5.74, 6) is 5.05. The Bertz CT molecular complexity index is 235. The minimum Gasteiger partial charge on any atom is -0.334 e. The van der Waals surface area contributed by atoms with Crippen molar-refractivity contribution in [2.24, 2.45) is 0 Å². The van der Waals surface area contributed by atoms with Crippen molar-refractivity contribution in [1.29, 1.82) is 0 Å². The maximum absolute atomic E-state index is 11.4. The lowest BCUT2D eigenvalue weighted by Crippen LogP contribution is -2.30. The Balaban J connectivity index is 4.14. The van der Waals surface area contributed by atoms with Crippen molar-refractivity contribution < 1.29 is 4.79 Å². The first-order valence-corrected chi connectivity index (χ1v) is 4.00. The van der Waals surface area contributed by atoms with Gasteiger partial charge < -0.3 is 4.90 Å². The third-order valence-electron chi connectivity index (χ3n) is 1.42. The van der Waals surface area contributed by atoms with Gasteiger partial charge >= 0.3 is 0 Å². The highest BCUT2D eigenvalue weighted by molar-refractivity contribution is 5.79. The number of nitrogens with zero attached hydrogens (tertiary/aromatic N) is 1. The minimum atomic E-state index is -0.0176. The van der Waals surface area contributed by atoms with Crippen molar-refractivity contribution in [3.05, 3.63) is 32.2 Å². The van der Waals surface area contributed by atoms with Gasteiger partial charge in [0.05, 0.1) is 6.42 Å². The molecule has 2 heteroatoms. The van der Waals surface area contributed by atoms with Gasteiger partial charge in [0.2, 0.25) is 5.91 Å². The van der Waals surface area contributed by atoms with Crippen LogP contribution in [0.3, 0.4) is 0 Å². The zero-order valence-electron chi connectivity index (χ0n) is 7.75. The number of amides is 1. The van der Waals surface area contributed by atoms with E-state index in [1.807, 2.05) is 0 Å². The van der Waals surface area contributed by atoms with E-state index < -0.39 is 0 Å². The van der Waals surface area contributed by atoms with Gasteiger partial charge in [0.15, 0.2) is 0 Å². The summed E-state index contributed by atoms with van der Waals surface area (Å²) in [6, 6.07) is 0. The van der Waals surface area contributed by atoms with Gasteiger partial charge in [0, 0.05) is 20.0 Å². The molecule has 69 valence electrons. The quantitative estimate of drug-likeness (QED) is 0.458. The van der Waals surface area contributed by atoms with Crippen molar-refractivity contribution >= 4 is 5.91 Å². The Morgan fingerprint density at radius 2 is 1.85 bits per heavy atom. The van der Waals surface area contributed by atoms with Crippen LogP contribution in [0.4, 0.5) is 0 Å². The van der Waals surface area contributed by atoms with Gasteiger partial charge in [0.1, 0.15) is 0 Å². The largest absolute Gasteiger partial charge is 0.334 e. The highest BCUT2D eigenvalue weighted by Gasteiger charge is 2.07. The maximum atomic E-state index is 11.4. The molecule has 0 heterocycles.